The van der Waals surface area contributed by atoms with Crippen LogP contribution < -0.4 is 10.2 Å². The molecule has 20 heavy (non-hydrogen) atoms. The highest BCUT2D eigenvalue weighted by atomic mass is 16.5. The number of nitrogens with one attached hydrogen (secondary N) is 1. The summed E-state index contributed by atoms with van der Waals surface area (Å²) in [5, 5.41) is 2.88. The van der Waals surface area contributed by atoms with Crippen molar-refractivity contribution in [3.8, 4) is 0 Å². The van der Waals surface area contributed by atoms with E-state index in [1.807, 2.05) is 42.3 Å². The summed E-state index contributed by atoms with van der Waals surface area (Å²) in [5.41, 5.74) is 1.03. The van der Waals surface area contributed by atoms with Gasteiger partial charge in [0.25, 0.3) is 0 Å². The maximum absolute atomic E-state index is 11.7. The lowest BCUT2D eigenvalue weighted by molar-refractivity contribution is -0.119. The van der Waals surface area contributed by atoms with Gasteiger partial charge < -0.3 is 19.7 Å². The Kier molecular flexibility index (Phi) is 8.42. The number of carbonyl (C=O) groups is 1. The Morgan fingerprint density at radius 3 is 2.65 bits per heavy atom. The standard InChI is InChI=1S/C15H24N2O3/c1-17(14-7-4-3-5-8-14)13-15(18)16-9-6-10-20-12-11-19-2/h3-5,7-8H,6,9-13H2,1-2H3,(H,16,18). The predicted octanol–water partition coefficient (Wildman–Crippen LogP) is 1.29. The number of benzene rings is 1. The summed E-state index contributed by atoms with van der Waals surface area (Å²) in [6.45, 7) is 2.83. The van der Waals surface area contributed by atoms with Crippen molar-refractivity contribution in [2.75, 3.05) is 52.0 Å². The van der Waals surface area contributed by atoms with Crippen LogP contribution in [0, 0.1) is 0 Å². The molecular weight excluding hydrogens is 256 g/mol. The summed E-state index contributed by atoms with van der Waals surface area (Å²) >= 11 is 0. The van der Waals surface area contributed by atoms with E-state index in [9.17, 15) is 4.79 Å². The minimum Gasteiger partial charge on any atom is -0.382 e. The molecule has 5 nitrogen and oxygen atoms in total. The molecule has 0 aliphatic heterocycles. The van der Waals surface area contributed by atoms with Crippen LogP contribution in [0.1, 0.15) is 6.42 Å². The van der Waals surface area contributed by atoms with Gasteiger partial charge in [0.1, 0.15) is 0 Å². The lowest BCUT2D eigenvalue weighted by atomic mass is 10.3. The number of amides is 1. The van der Waals surface area contributed by atoms with Gasteiger partial charge in [-0.3, -0.25) is 4.79 Å². The number of para-hydroxylation sites is 1. The highest BCUT2D eigenvalue weighted by Gasteiger charge is 2.06. The molecule has 0 radical (unpaired) electrons. The summed E-state index contributed by atoms with van der Waals surface area (Å²) < 4.78 is 10.2. The van der Waals surface area contributed by atoms with Crippen LogP contribution in [0.3, 0.4) is 0 Å². The monoisotopic (exact) mass is 280 g/mol. The van der Waals surface area contributed by atoms with E-state index in [0.717, 1.165) is 12.1 Å². The number of hydrogen-bond acceptors (Lipinski definition) is 4. The predicted molar refractivity (Wildman–Crippen MR) is 80.0 cm³/mol. The van der Waals surface area contributed by atoms with E-state index in [-0.39, 0.29) is 5.91 Å². The lowest BCUT2D eigenvalue weighted by Crippen LogP contribution is -2.35. The van der Waals surface area contributed by atoms with Gasteiger partial charge in [0, 0.05) is 33.0 Å². The van der Waals surface area contributed by atoms with Crippen molar-refractivity contribution < 1.29 is 14.3 Å². The quantitative estimate of drug-likeness (QED) is 0.656. The number of nitrogens with zero attached hydrogens (tertiary/aromatic N) is 1. The fourth-order valence-electron chi connectivity index (χ4n) is 1.69. The number of anilines is 1. The molecule has 0 bridgehead atoms. The molecule has 0 saturated heterocycles. The Labute approximate surface area is 120 Å². The van der Waals surface area contributed by atoms with Crippen LogP contribution in [-0.4, -0.2) is 53.0 Å². The first-order valence-electron chi connectivity index (χ1n) is 6.83. The Morgan fingerprint density at radius 2 is 1.95 bits per heavy atom. The van der Waals surface area contributed by atoms with Gasteiger partial charge in [-0.25, -0.2) is 0 Å². The third-order valence-corrected chi connectivity index (χ3v) is 2.80. The molecule has 0 unspecified atom stereocenters. The molecule has 1 N–H and O–H groups in total. The molecule has 0 spiro atoms. The second-order valence-corrected chi connectivity index (χ2v) is 4.50. The van der Waals surface area contributed by atoms with Gasteiger partial charge in [0.2, 0.25) is 5.91 Å². The van der Waals surface area contributed by atoms with Crippen molar-refractivity contribution in [3.63, 3.8) is 0 Å². The molecule has 1 aromatic rings. The molecule has 0 aliphatic rings. The van der Waals surface area contributed by atoms with Crippen LogP contribution in [0.25, 0.3) is 0 Å². The third-order valence-electron chi connectivity index (χ3n) is 2.80. The van der Waals surface area contributed by atoms with Crippen molar-refractivity contribution in [1.29, 1.82) is 0 Å². The third kappa shape index (κ3) is 7.11. The lowest BCUT2D eigenvalue weighted by Gasteiger charge is -2.18. The molecule has 0 aromatic heterocycles. The Hall–Kier alpha value is -1.59. The maximum Gasteiger partial charge on any atom is 0.239 e. The number of likely N-dealkylation sites (N-methyl/N-ethyl adjacent to an activating group) is 1. The first-order valence-corrected chi connectivity index (χ1v) is 6.83. The van der Waals surface area contributed by atoms with Gasteiger partial charge in [-0.15, -0.1) is 0 Å². The van der Waals surface area contributed by atoms with E-state index < -0.39 is 0 Å². The summed E-state index contributed by atoms with van der Waals surface area (Å²) in [7, 11) is 3.55. The van der Waals surface area contributed by atoms with Crippen molar-refractivity contribution in [3.05, 3.63) is 30.3 Å². The number of rotatable bonds is 10. The number of hydrogen-bond donors (Lipinski definition) is 1. The van der Waals surface area contributed by atoms with Gasteiger partial charge in [0.15, 0.2) is 0 Å². The average Bonchev–Trinajstić information content (AvgIpc) is 2.47. The summed E-state index contributed by atoms with van der Waals surface area (Å²) in [4.78, 5) is 13.7. The molecule has 5 heteroatoms. The smallest absolute Gasteiger partial charge is 0.239 e. The zero-order chi connectivity index (χ0) is 14.6. The van der Waals surface area contributed by atoms with E-state index >= 15 is 0 Å². The molecule has 1 rings (SSSR count). The fourth-order valence-corrected chi connectivity index (χ4v) is 1.69. The van der Waals surface area contributed by atoms with E-state index in [1.165, 1.54) is 0 Å². The summed E-state index contributed by atoms with van der Waals surface area (Å²) in [6, 6.07) is 9.84. The average molecular weight is 280 g/mol. The van der Waals surface area contributed by atoms with Crippen LogP contribution in [0.15, 0.2) is 30.3 Å². The number of ether oxygens (including phenoxy) is 2. The van der Waals surface area contributed by atoms with E-state index in [4.69, 9.17) is 9.47 Å². The Morgan fingerprint density at radius 1 is 1.20 bits per heavy atom. The van der Waals surface area contributed by atoms with Crippen LogP contribution in [0.2, 0.25) is 0 Å². The first-order chi connectivity index (χ1) is 9.74. The van der Waals surface area contributed by atoms with Crippen LogP contribution in [0.4, 0.5) is 5.69 Å². The first kappa shape index (κ1) is 16.5. The highest BCUT2D eigenvalue weighted by Crippen LogP contribution is 2.09. The van der Waals surface area contributed by atoms with E-state index in [1.54, 1.807) is 7.11 Å². The molecule has 1 amide bonds. The number of methoxy groups -OCH3 is 1. The maximum atomic E-state index is 11.7. The molecule has 0 saturated carbocycles. The van der Waals surface area contributed by atoms with Gasteiger partial charge >= 0.3 is 0 Å². The summed E-state index contributed by atoms with van der Waals surface area (Å²) in [6.07, 6.45) is 0.810. The number of carbonyl (C=O) groups excluding carboxylic acids is 1. The van der Waals surface area contributed by atoms with Crippen molar-refractivity contribution in [2.45, 2.75) is 6.42 Å². The van der Waals surface area contributed by atoms with Gasteiger partial charge in [0.05, 0.1) is 19.8 Å². The molecule has 0 heterocycles. The van der Waals surface area contributed by atoms with E-state index in [2.05, 4.69) is 5.32 Å². The zero-order valence-electron chi connectivity index (χ0n) is 12.3. The Balaban J connectivity index is 2.08. The second kappa shape index (κ2) is 10.2. The molecule has 1 aromatic carbocycles. The minimum absolute atomic E-state index is 0.0215. The topological polar surface area (TPSA) is 50.8 Å². The molecular formula is C15H24N2O3. The van der Waals surface area contributed by atoms with Crippen molar-refractivity contribution >= 4 is 11.6 Å². The highest BCUT2D eigenvalue weighted by molar-refractivity contribution is 5.81. The van der Waals surface area contributed by atoms with Gasteiger partial charge in [-0.05, 0) is 18.6 Å². The molecule has 112 valence electrons. The molecule has 0 fully saturated rings. The Bertz CT molecular complexity index is 371. The largest absolute Gasteiger partial charge is 0.382 e. The van der Waals surface area contributed by atoms with Gasteiger partial charge in [-0.1, -0.05) is 18.2 Å². The van der Waals surface area contributed by atoms with Crippen LogP contribution in [0.5, 0.6) is 0 Å². The SMILES string of the molecule is COCCOCCCNC(=O)CN(C)c1ccccc1. The van der Waals surface area contributed by atoms with Gasteiger partial charge in [-0.2, -0.15) is 0 Å². The minimum atomic E-state index is 0.0215. The van der Waals surface area contributed by atoms with Crippen molar-refractivity contribution in [2.24, 2.45) is 0 Å². The van der Waals surface area contributed by atoms with Crippen LogP contribution in [-0.2, 0) is 14.3 Å². The van der Waals surface area contributed by atoms with E-state index in [0.29, 0.717) is 32.9 Å². The molecule has 0 aliphatic carbocycles. The normalized spacial score (nSPS) is 10.3. The van der Waals surface area contributed by atoms with Crippen LogP contribution >= 0.6 is 0 Å². The summed E-state index contributed by atoms with van der Waals surface area (Å²) in [5.74, 6) is 0.0215. The second-order valence-electron chi connectivity index (χ2n) is 4.50. The van der Waals surface area contributed by atoms with Crippen molar-refractivity contribution in [1.82, 2.24) is 5.32 Å². The zero-order valence-corrected chi connectivity index (χ0v) is 12.3. The molecule has 0 atom stereocenters. The fraction of sp³-hybridized carbons (Fsp3) is 0.533.